The Morgan fingerprint density at radius 3 is 2.93 bits per heavy atom. The highest BCUT2D eigenvalue weighted by molar-refractivity contribution is 6.29. The van der Waals surface area contributed by atoms with Gasteiger partial charge in [-0.3, -0.25) is 0 Å². The molecule has 0 bridgehead atoms. The number of nitrogens with one attached hydrogen (secondary N) is 1. The Hall–Kier alpha value is -0.870. The molecular formula is C10H15ClN4. The first-order valence-corrected chi connectivity index (χ1v) is 5.64. The van der Waals surface area contributed by atoms with Gasteiger partial charge < -0.3 is 11.1 Å². The summed E-state index contributed by atoms with van der Waals surface area (Å²) in [7, 11) is 0. The summed E-state index contributed by atoms with van der Waals surface area (Å²) in [5.74, 6) is 0.574. The summed E-state index contributed by atoms with van der Waals surface area (Å²) >= 11 is 5.78. The highest BCUT2D eigenvalue weighted by atomic mass is 35.5. The first-order valence-electron chi connectivity index (χ1n) is 5.26. The molecule has 1 aromatic rings. The smallest absolute Gasteiger partial charge is 0.224 e. The average molecular weight is 227 g/mol. The summed E-state index contributed by atoms with van der Waals surface area (Å²) < 4.78 is 0. The number of nitrogens with two attached hydrogens (primary N) is 1. The topological polar surface area (TPSA) is 63.8 Å². The maximum absolute atomic E-state index is 6.01. The van der Waals surface area contributed by atoms with Crippen molar-refractivity contribution < 1.29 is 0 Å². The van der Waals surface area contributed by atoms with Crippen LogP contribution in [-0.2, 0) is 0 Å². The minimum atomic E-state index is 0.196. The zero-order valence-electron chi connectivity index (χ0n) is 8.49. The number of rotatable bonds is 2. The Kier molecular flexibility index (Phi) is 3.38. The first-order chi connectivity index (χ1) is 7.25. The first kappa shape index (κ1) is 10.6. The molecule has 0 saturated heterocycles. The summed E-state index contributed by atoms with van der Waals surface area (Å²) in [6, 6.07) is 2.13. The molecule has 1 aliphatic rings. The van der Waals surface area contributed by atoms with Gasteiger partial charge in [-0.2, -0.15) is 0 Å². The van der Waals surface area contributed by atoms with Gasteiger partial charge in [0.15, 0.2) is 0 Å². The second-order valence-electron chi connectivity index (χ2n) is 3.90. The molecular weight excluding hydrogens is 212 g/mol. The second-order valence-corrected chi connectivity index (χ2v) is 4.29. The fourth-order valence-electron chi connectivity index (χ4n) is 1.91. The Labute approximate surface area is 94.2 Å². The lowest BCUT2D eigenvalue weighted by Crippen LogP contribution is -2.42. The van der Waals surface area contributed by atoms with Crippen molar-refractivity contribution in [3.05, 3.63) is 17.4 Å². The molecule has 5 heteroatoms. The number of halogens is 1. The molecule has 4 nitrogen and oxygen atoms in total. The molecule has 0 amide bonds. The molecule has 1 heterocycles. The van der Waals surface area contributed by atoms with Crippen LogP contribution in [0.3, 0.4) is 0 Å². The van der Waals surface area contributed by atoms with E-state index in [1.54, 1.807) is 12.3 Å². The van der Waals surface area contributed by atoms with Crippen LogP contribution in [0.5, 0.6) is 0 Å². The van der Waals surface area contributed by atoms with E-state index in [1.165, 1.54) is 12.8 Å². The van der Waals surface area contributed by atoms with E-state index in [-0.39, 0.29) is 12.1 Å². The fourth-order valence-corrected chi connectivity index (χ4v) is 2.05. The largest absolute Gasteiger partial charge is 0.350 e. The fraction of sp³-hybridized carbons (Fsp3) is 0.600. The molecule has 82 valence electrons. The van der Waals surface area contributed by atoms with Crippen molar-refractivity contribution in [1.29, 1.82) is 0 Å². The molecule has 3 N–H and O–H groups in total. The van der Waals surface area contributed by atoms with Gasteiger partial charge in [-0.05, 0) is 18.9 Å². The summed E-state index contributed by atoms with van der Waals surface area (Å²) in [4.78, 5) is 8.20. The SMILES string of the molecule is NC1CCCCC1Nc1nccc(Cl)n1. The van der Waals surface area contributed by atoms with Crippen LogP contribution in [0.1, 0.15) is 25.7 Å². The molecule has 1 fully saturated rings. The third-order valence-corrected chi connectivity index (χ3v) is 2.97. The van der Waals surface area contributed by atoms with Gasteiger partial charge in [0.05, 0.1) is 0 Å². The Morgan fingerprint density at radius 2 is 2.20 bits per heavy atom. The molecule has 0 aromatic carbocycles. The van der Waals surface area contributed by atoms with Crippen LogP contribution < -0.4 is 11.1 Å². The Balaban J connectivity index is 2.01. The Morgan fingerprint density at radius 1 is 1.40 bits per heavy atom. The lowest BCUT2D eigenvalue weighted by Gasteiger charge is -2.29. The van der Waals surface area contributed by atoms with Crippen LogP contribution in [0.4, 0.5) is 5.95 Å². The van der Waals surface area contributed by atoms with Gasteiger partial charge in [0.1, 0.15) is 5.15 Å². The standard InChI is InChI=1S/C10H15ClN4/c11-9-5-6-13-10(15-9)14-8-4-2-1-3-7(8)12/h5-8H,1-4,12H2,(H,13,14,15). The monoisotopic (exact) mass is 226 g/mol. The molecule has 1 aliphatic carbocycles. The summed E-state index contributed by atoms with van der Waals surface area (Å²) in [6.45, 7) is 0. The van der Waals surface area contributed by atoms with Crippen molar-refractivity contribution in [3.8, 4) is 0 Å². The number of hydrogen-bond donors (Lipinski definition) is 2. The predicted octanol–water partition coefficient (Wildman–Crippen LogP) is 1.81. The van der Waals surface area contributed by atoms with E-state index in [1.807, 2.05) is 0 Å². The summed E-state index contributed by atoms with van der Waals surface area (Å²) in [6.07, 6.45) is 6.23. The molecule has 0 aliphatic heterocycles. The summed E-state index contributed by atoms with van der Waals surface area (Å²) in [5, 5.41) is 3.70. The minimum absolute atomic E-state index is 0.196. The lowest BCUT2D eigenvalue weighted by molar-refractivity contribution is 0.402. The van der Waals surface area contributed by atoms with Gasteiger partial charge >= 0.3 is 0 Å². The molecule has 0 radical (unpaired) electrons. The second kappa shape index (κ2) is 4.77. The molecule has 2 atom stereocenters. The third-order valence-electron chi connectivity index (χ3n) is 2.76. The molecule has 15 heavy (non-hydrogen) atoms. The van der Waals surface area contributed by atoms with Crippen LogP contribution >= 0.6 is 11.6 Å². The van der Waals surface area contributed by atoms with Crippen molar-refractivity contribution >= 4 is 17.5 Å². The third kappa shape index (κ3) is 2.79. The van der Waals surface area contributed by atoms with Crippen molar-refractivity contribution in [1.82, 2.24) is 9.97 Å². The average Bonchev–Trinajstić information content (AvgIpc) is 2.22. The van der Waals surface area contributed by atoms with Crippen LogP contribution in [0.15, 0.2) is 12.3 Å². The van der Waals surface area contributed by atoms with Crippen LogP contribution in [0, 0.1) is 0 Å². The Bertz CT molecular complexity index is 331. The number of aromatic nitrogens is 2. The van der Waals surface area contributed by atoms with E-state index < -0.39 is 0 Å². The van der Waals surface area contributed by atoms with Crippen molar-refractivity contribution in [2.45, 2.75) is 37.8 Å². The normalized spacial score (nSPS) is 26.3. The molecule has 2 rings (SSSR count). The van der Waals surface area contributed by atoms with Gasteiger partial charge in [-0.15, -0.1) is 0 Å². The van der Waals surface area contributed by atoms with E-state index in [2.05, 4.69) is 15.3 Å². The van der Waals surface area contributed by atoms with E-state index in [9.17, 15) is 0 Å². The quantitative estimate of drug-likeness (QED) is 0.755. The molecule has 0 spiro atoms. The molecule has 2 unspecified atom stereocenters. The van der Waals surface area contributed by atoms with Crippen molar-refractivity contribution in [2.75, 3.05) is 5.32 Å². The van der Waals surface area contributed by atoms with Gasteiger partial charge in [-0.1, -0.05) is 24.4 Å². The van der Waals surface area contributed by atoms with Gasteiger partial charge in [0.2, 0.25) is 5.95 Å². The van der Waals surface area contributed by atoms with Crippen molar-refractivity contribution in [2.24, 2.45) is 5.73 Å². The van der Waals surface area contributed by atoms with E-state index in [4.69, 9.17) is 17.3 Å². The van der Waals surface area contributed by atoms with Crippen LogP contribution in [0.2, 0.25) is 5.15 Å². The van der Waals surface area contributed by atoms with Crippen LogP contribution in [0.25, 0.3) is 0 Å². The summed E-state index contributed by atoms with van der Waals surface area (Å²) in [5.41, 5.74) is 6.01. The highest BCUT2D eigenvalue weighted by Gasteiger charge is 2.22. The van der Waals surface area contributed by atoms with Gasteiger partial charge in [-0.25, -0.2) is 9.97 Å². The number of nitrogens with zero attached hydrogens (tertiary/aromatic N) is 2. The maximum atomic E-state index is 6.01. The number of anilines is 1. The highest BCUT2D eigenvalue weighted by Crippen LogP contribution is 2.19. The maximum Gasteiger partial charge on any atom is 0.224 e. The van der Waals surface area contributed by atoms with E-state index in [0.717, 1.165) is 12.8 Å². The van der Waals surface area contributed by atoms with E-state index >= 15 is 0 Å². The number of hydrogen-bond acceptors (Lipinski definition) is 4. The predicted molar refractivity (Wildman–Crippen MR) is 60.9 cm³/mol. The zero-order valence-corrected chi connectivity index (χ0v) is 9.24. The van der Waals surface area contributed by atoms with Gasteiger partial charge in [0.25, 0.3) is 0 Å². The molecule has 1 saturated carbocycles. The van der Waals surface area contributed by atoms with Gasteiger partial charge in [0, 0.05) is 18.3 Å². The lowest BCUT2D eigenvalue weighted by atomic mass is 9.91. The van der Waals surface area contributed by atoms with E-state index in [0.29, 0.717) is 11.1 Å². The zero-order chi connectivity index (χ0) is 10.7. The van der Waals surface area contributed by atoms with Crippen LogP contribution in [-0.4, -0.2) is 22.1 Å². The van der Waals surface area contributed by atoms with Crippen molar-refractivity contribution in [3.63, 3.8) is 0 Å². The molecule has 1 aromatic heterocycles. The minimum Gasteiger partial charge on any atom is -0.350 e.